The maximum atomic E-state index is 12.4. The molecule has 26 heavy (non-hydrogen) atoms. The van der Waals surface area contributed by atoms with Crippen LogP contribution in [0.5, 0.6) is 0 Å². The average molecular weight is 389 g/mol. The molecule has 1 aromatic heterocycles. The molecule has 1 unspecified atom stereocenters. The number of aliphatic imine (C=N–C) groups is 1. The quantitative estimate of drug-likeness (QED) is 0.780. The second-order valence-corrected chi connectivity index (χ2v) is 8.46. The molecule has 1 aliphatic rings. The zero-order valence-electron chi connectivity index (χ0n) is 14.8. The Balaban J connectivity index is 1.76. The van der Waals surface area contributed by atoms with Gasteiger partial charge < -0.3 is 5.73 Å². The first kappa shape index (κ1) is 18.6. The number of aryl methyl sites for hydroxylation is 1. The smallest absolute Gasteiger partial charge is 0.257 e. The Morgan fingerprint density at radius 3 is 2.54 bits per heavy atom. The van der Waals surface area contributed by atoms with E-state index in [1.807, 2.05) is 12.1 Å². The van der Waals surface area contributed by atoms with Crippen LogP contribution in [0, 0.1) is 6.92 Å². The Morgan fingerprint density at radius 2 is 1.96 bits per heavy atom. The van der Waals surface area contributed by atoms with E-state index in [4.69, 9.17) is 5.73 Å². The number of hydrogen-bond donors (Lipinski definition) is 2. The highest BCUT2D eigenvalue weighted by atomic mass is 32.2. The van der Waals surface area contributed by atoms with E-state index in [1.165, 1.54) is 18.3 Å². The number of aromatic nitrogens is 1. The lowest BCUT2D eigenvalue weighted by atomic mass is 9.89. The van der Waals surface area contributed by atoms with Crippen molar-refractivity contribution in [2.45, 2.75) is 32.7 Å². The second-order valence-electron chi connectivity index (χ2n) is 6.34. The van der Waals surface area contributed by atoms with Gasteiger partial charge in [0.15, 0.2) is 16.1 Å². The van der Waals surface area contributed by atoms with Crippen molar-refractivity contribution < 1.29 is 9.59 Å². The van der Waals surface area contributed by atoms with Crippen LogP contribution in [0.15, 0.2) is 29.3 Å². The summed E-state index contributed by atoms with van der Waals surface area (Å²) in [6, 6.07) is 7.37. The molecule has 2 aromatic rings. The number of carbonyl (C=O) groups excluding carboxylic acids is 2. The molecule has 3 N–H and O–H groups in total. The summed E-state index contributed by atoms with van der Waals surface area (Å²) >= 11 is 2.75. The van der Waals surface area contributed by atoms with Crippen LogP contribution in [0.1, 0.15) is 51.6 Å². The molecule has 0 saturated heterocycles. The summed E-state index contributed by atoms with van der Waals surface area (Å²) < 4.78 is 0. The fraction of sp³-hybridized carbons (Fsp3) is 0.333. The van der Waals surface area contributed by atoms with Crippen LogP contribution in [0.2, 0.25) is 0 Å². The number of anilines is 1. The van der Waals surface area contributed by atoms with Crippen molar-refractivity contribution in [2.75, 3.05) is 11.1 Å². The number of nitrogens with two attached hydrogens (primary N) is 1. The van der Waals surface area contributed by atoms with Crippen molar-refractivity contribution in [2.24, 2.45) is 10.7 Å². The molecule has 0 radical (unpaired) electrons. The third kappa shape index (κ3) is 3.81. The van der Waals surface area contributed by atoms with Crippen molar-refractivity contribution in [3.8, 4) is 0 Å². The number of nitrogens with one attached hydrogen (secondary N) is 1. The lowest BCUT2D eigenvalue weighted by Crippen LogP contribution is -2.28. The van der Waals surface area contributed by atoms with Crippen molar-refractivity contribution in [3.05, 3.63) is 46.0 Å². The first-order valence-electron chi connectivity index (χ1n) is 8.17. The molecule has 2 heterocycles. The van der Waals surface area contributed by atoms with Crippen LogP contribution in [-0.2, 0) is 5.54 Å². The van der Waals surface area contributed by atoms with Crippen molar-refractivity contribution in [1.29, 1.82) is 0 Å². The third-order valence-electron chi connectivity index (χ3n) is 4.30. The van der Waals surface area contributed by atoms with E-state index in [1.54, 1.807) is 30.8 Å². The lowest BCUT2D eigenvalue weighted by molar-refractivity contribution is 0.101. The summed E-state index contributed by atoms with van der Waals surface area (Å²) in [6.07, 6.45) is 0.899. The summed E-state index contributed by atoms with van der Waals surface area (Å²) in [6.45, 7) is 5.30. The third-order valence-corrected chi connectivity index (χ3v) is 6.27. The molecule has 8 heteroatoms. The van der Waals surface area contributed by atoms with Crippen LogP contribution in [0.4, 0.5) is 5.13 Å². The van der Waals surface area contributed by atoms with Crippen molar-refractivity contribution >= 4 is 45.1 Å². The largest absolute Gasteiger partial charge is 0.379 e. The van der Waals surface area contributed by atoms with Gasteiger partial charge in [-0.3, -0.25) is 19.9 Å². The summed E-state index contributed by atoms with van der Waals surface area (Å²) in [5, 5.41) is 3.78. The van der Waals surface area contributed by atoms with E-state index < -0.39 is 0 Å². The number of rotatable bonds is 4. The standard InChI is InChI=1S/C18H20N4O2S2/c1-10-14(11(2)23)26-17(20-10)21-15(24)12-4-6-13(7-5-12)18(3)8-9-25-16(19)22-18/h4-7H,8-9H2,1-3H3,(H2,19,22)(H,20,21,24). The Bertz CT molecular complexity index is 889. The molecule has 1 aliphatic heterocycles. The van der Waals surface area contributed by atoms with Crippen LogP contribution >= 0.6 is 23.1 Å². The number of benzene rings is 1. The highest BCUT2D eigenvalue weighted by Gasteiger charge is 2.29. The lowest BCUT2D eigenvalue weighted by Gasteiger charge is -2.29. The van der Waals surface area contributed by atoms with E-state index in [0.717, 1.165) is 17.7 Å². The van der Waals surface area contributed by atoms with Crippen molar-refractivity contribution in [3.63, 3.8) is 0 Å². The minimum Gasteiger partial charge on any atom is -0.379 e. The Morgan fingerprint density at radius 1 is 1.27 bits per heavy atom. The molecule has 0 spiro atoms. The first-order valence-corrected chi connectivity index (χ1v) is 9.97. The average Bonchev–Trinajstić information content (AvgIpc) is 2.95. The van der Waals surface area contributed by atoms with Gasteiger partial charge in [-0.1, -0.05) is 35.2 Å². The molecule has 136 valence electrons. The second kappa shape index (κ2) is 7.20. The fourth-order valence-corrected chi connectivity index (χ4v) is 4.65. The zero-order chi connectivity index (χ0) is 18.9. The SMILES string of the molecule is CC(=O)c1sc(NC(=O)c2ccc(C3(C)CCSC(N)=N3)cc2)nc1C. The summed E-state index contributed by atoms with van der Waals surface area (Å²) in [5.41, 5.74) is 7.70. The van der Waals surface area contributed by atoms with E-state index in [0.29, 0.717) is 26.4 Å². The molecular formula is C18H20N4O2S2. The van der Waals surface area contributed by atoms with Gasteiger partial charge in [-0.2, -0.15) is 0 Å². The number of thioether (sulfide) groups is 1. The normalized spacial score (nSPS) is 19.7. The summed E-state index contributed by atoms with van der Waals surface area (Å²) in [7, 11) is 0. The van der Waals surface area contributed by atoms with Gasteiger partial charge in [0, 0.05) is 18.2 Å². The van der Waals surface area contributed by atoms with Gasteiger partial charge in [0.1, 0.15) is 0 Å². The number of nitrogens with zero attached hydrogens (tertiary/aromatic N) is 2. The Labute approximate surface area is 160 Å². The molecule has 0 fully saturated rings. The number of ketones is 1. The fourth-order valence-electron chi connectivity index (χ4n) is 2.82. The number of amidine groups is 1. The predicted octanol–water partition coefficient (Wildman–Crippen LogP) is 3.57. The maximum absolute atomic E-state index is 12.4. The molecule has 6 nitrogen and oxygen atoms in total. The first-order chi connectivity index (χ1) is 12.3. The van der Waals surface area contributed by atoms with Crippen LogP contribution in [0.25, 0.3) is 0 Å². The van der Waals surface area contributed by atoms with Crippen LogP contribution in [-0.4, -0.2) is 27.6 Å². The summed E-state index contributed by atoms with van der Waals surface area (Å²) in [4.78, 5) is 33.3. The molecule has 0 bridgehead atoms. The molecular weight excluding hydrogens is 368 g/mol. The van der Waals surface area contributed by atoms with Crippen LogP contribution < -0.4 is 11.1 Å². The van der Waals surface area contributed by atoms with E-state index in [2.05, 4.69) is 22.2 Å². The van der Waals surface area contributed by atoms with E-state index in [-0.39, 0.29) is 17.2 Å². The predicted molar refractivity (Wildman–Crippen MR) is 107 cm³/mol. The van der Waals surface area contributed by atoms with Crippen molar-refractivity contribution in [1.82, 2.24) is 4.98 Å². The zero-order valence-corrected chi connectivity index (χ0v) is 16.5. The highest BCUT2D eigenvalue weighted by molar-refractivity contribution is 8.13. The number of hydrogen-bond acceptors (Lipinski definition) is 7. The number of amides is 1. The highest BCUT2D eigenvalue weighted by Crippen LogP contribution is 2.35. The maximum Gasteiger partial charge on any atom is 0.257 e. The minimum atomic E-state index is -0.354. The summed E-state index contributed by atoms with van der Waals surface area (Å²) in [5.74, 6) is 0.618. The number of Topliss-reactive ketones (excluding diaryl/α,β-unsaturated/α-hetero) is 1. The van der Waals surface area contributed by atoms with Gasteiger partial charge in [-0.05, 0) is 38.0 Å². The van der Waals surface area contributed by atoms with Crippen LogP contribution in [0.3, 0.4) is 0 Å². The van der Waals surface area contributed by atoms with Gasteiger partial charge >= 0.3 is 0 Å². The van der Waals surface area contributed by atoms with Gasteiger partial charge in [0.25, 0.3) is 5.91 Å². The molecule has 1 aromatic carbocycles. The van der Waals surface area contributed by atoms with Gasteiger partial charge in [-0.15, -0.1) is 0 Å². The molecule has 0 aliphatic carbocycles. The Hall–Kier alpha value is -2.19. The van der Waals surface area contributed by atoms with E-state index >= 15 is 0 Å². The number of carbonyl (C=O) groups is 2. The van der Waals surface area contributed by atoms with Gasteiger partial charge in [0.05, 0.1) is 16.1 Å². The van der Waals surface area contributed by atoms with Gasteiger partial charge in [0.2, 0.25) is 0 Å². The topological polar surface area (TPSA) is 97.4 Å². The number of thiazole rings is 1. The molecule has 1 atom stereocenters. The monoisotopic (exact) mass is 388 g/mol. The Kier molecular flexibility index (Phi) is 5.15. The molecule has 0 saturated carbocycles. The molecule has 3 rings (SSSR count). The van der Waals surface area contributed by atoms with Gasteiger partial charge in [-0.25, -0.2) is 4.98 Å². The molecule has 1 amide bonds. The minimum absolute atomic E-state index is 0.0523. The van der Waals surface area contributed by atoms with E-state index in [9.17, 15) is 9.59 Å².